The molecule has 0 aliphatic carbocycles. The fraction of sp³-hybridized carbons (Fsp3) is 0.250. The smallest absolute Gasteiger partial charge is 0.150 e. The Morgan fingerprint density at radius 3 is 2.38 bits per heavy atom. The molecule has 0 bridgehead atoms. The van der Waals surface area contributed by atoms with Gasteiger partial charge in [0.25, 0.3) is 0 Å². The van der Waals surface area contributed by atoms with Crippen LogP contribution in [0.15, 0.2) is 42.5 Å². The van der Waals surface area contributed by atoms with E-state index in [9.17, 15) is 17.9 Å². The predicted octanol–water partition coefficient (Wildman–Crippen LogP) is 4.11. The monoisotopic (exact) mass is 355 g/mol. The molecule has 0 fully saturated rings. The van der Waals surface area contributed by atoms with Crippen molar-refractivity contribution < 1.29 is 17.9 Å². The first-order valence-corrected chi connectivity index (χ1v) is 8.98. The van der Waals surface area contributed by atoms with Crippen molar-refractivity contribution in [2.75, 3.05) is 28.7 Å². The highest BCUT2D eigenvalue weighted by Gasteiger charge is 2.44. The average molecular weight is 355 g/mol. The van der Waals surface area contributed by atoms with Crippen molar-refractivity contribution in [1.82, 2.24) is 5.32 Å². The molecular weight excluding hydrogens is 336 g/mol. The second-order valence-corrected chi connectivity index (χ2v) is 7.19. The molecule has 0 saturated heterocycles. The number of fused-ring (bicyclic) bond motifs is 1. The molecule has 0 unspecified atom stereocenters. The zero-order valence-electron chi connectivity index (χ0n) is 13.1. The molecule has 0 aromatic heterocycles. The number of para-hydroxylation sites is 2. The third kappa shape index (κ3) is 2.71. The summed E-state index contributed by atoms with van der Waals surface area (Å²) in [7, 11) is -1.81. The van der Waals surface area contributed by atoms with Crippen molar-refractivity contribution in [3.05, 3.63) is 54.1 Å². The highest BCUT2D eigenvalue weighted by molar-refractivity contribution is 8.27. The molecule has 0 spiro atoms. The van der Waals surface area contributed by atoms with E-state index in [0.29, 0.717) is 25.2 Å². The van der Waals surface area contributed by atoms with Crippen LogP contribution in [0.1, 0.15) is 6.42 Å². The number of benzene rings is 2. The van der Waals surface area contributed by atoms with Gasteiger partial charge in [0.2, 0.25) is 0 Å². The van der Waals surface area contributed by atoms with Crippen molar-refractivity contribution >= 4 is 28.0 Å². The van der Waals surface area contributed by atoms with Crippen LogP contribution in [0.4, 0.5) is 25.8 Å². The summed E-state index contributed by atoms with van der Waals surface area (Å²) in [6.45, 7) is 0.959. The van der Waals surface area contributed by atoms with Gasteiger partial charge >= 0.3 is 0 Å². The Morgan fingerprint density at radius 1 is 1.00 bits per heavy atom. The number of nitrogens with one attached hydrogen (secondary N) is 1. The third-order valence-corrected chi connectivity index (χ3v) is 5.68. The van der Waals surface area contributed by atoms with Gasteiger partial charge < -0.3 is 5.32 Å². The molecule has 2 aromatic rings. The maximum absolute atomic E-state index is 14.5. The van der Waals surface area contributed by atoms with Crippen LogP contribution >= 0.6 is 11.0 Å². The van der Waals surface area contributed by atoms with Crippen LogP contribution in [0, 0.1) is 11.6 Å². The molecule has 8 heteroatoms. The van der Waals surface area contributed by atoms with Crippen molar-refractivity contribution in [2.24, 2.45) is 0 Å². The normalized spacial score (nSPS) is 17.0. The first-order chi connectivity index (χ1) is 11.5. The largest absolute Gasteiger partial charge is 0.320 e. The van der Waals surface area contributed by atoms with E-state index in [1.165, 1.54) is 34.6 Å². The number of hydrogen-bond acceptors (Lipinski definition) is 5. The maximum Gasteiger partial charge on any atom is 0.150 e. The van der Waals surface area contributed by atoms with Crippen molar-refractivity contribution in [2.45, 2.75) is 6.42 Å². The van der Waals surface area contributed by atoms with E-state index in [1.54, 1.807) is 19.2 Å². The van der Waals surface area contributed by atoms with Crippen molar-refractivity contribution in [3.8, 4) is 0 Å². The van der Waals surface area contributed by atoms with Gasteiger partial charge in [-0.15, -0.1) is 0 Å². The second-order valence-electron chi connectivity index (χ2n) is 5.40. The molecule has 130 valence electrons. The second kappa shape index (κ2) is 6.56. The molecule has 0 amide bonds. The zero-order valence-corrected chi connectivity index (χ0v) is 13.9. The summed E-state index contributed by atoms with van der Waals surface area (Å²) < 4.78 is 52.5. The summed E-state index contributed by atoms with van der Waals surface area (Å²) in [6.07, 6.45) is 0.618. The molecular formula is C16H19F2N3O2S. The van der Waals surface area contributed by atoms with E-state index in [0.717, 1.165) is 4.31 Å². The molecule has 0 saturated carbocycles. The van der Waals surface area contributed by atoms with Gasteiger partial charge in [0.15, 0.2) is 5.82 Å². The quantitative estimate of drug-likeness (QED) is 0.705. The Morgan fingerprint density at radius 2 is 1.67 bits per heavy atom. The van der Waals surface area contributed by atoms with Gasteiger partial charge in [-0.1, -0.05) is 18.2 Å². The number of hydrogen-bond donors (Lipinski definition) is 3. The average Bonchev–Trinajstić information content (AvgIpc) is 2.77. The molecule has 1 heterocycles. The summed E-state index contributed by atoms with van der Waals surface area (Å²) >= 11 is 0. The standard InChI is InChI=1S/C16H19F2N3O2S/c1-19-10-5-11-20-15-9-4-7-13(18)16(15)21(24(20,22)23)14-8-3-2-6-12(14)17/h2-4,6-9,19,22-23H,5,10-11H2,1H3. The number of rotatable bonds is 5. The Bertz CT molecular complexity index is 745. The molecule has 2 aromatic carbocycles. The Kier molecular flexibility index (Phi) is 4.64. The topological polar surface area (TPSA) is 59.0 Å². The van der Waals surface area contributed by atoms with E-state index in [1.807, 2.05) is 0 Å². The van der Waals surface area contributed by atoms with Gasteiger partial charge in [0.1, 0.15) is 17.2 Å². The first-order valence-electron chi connectivity index (χ1n) is 7.52. The lowest BCUT2D eigenvalue weighted by Gasteiger charge is -2.43. The number of halogens is 2. The molecule has 24 heavy (non-hydrogen) atoms. The van der Waals surface area contributed by atoms with Gasteiger partial charge in [0.05, 0.1) is 5.69 Å². The summed E-state index contributed by atoms with van der Waals surface area (Å²) in [6, 6.07) is 9.99. The van der Waals surface area contributed by atoms with Crippen LogP contribution in [0.5, 0.6) is 0 Å². The molecule has 3 rings (SSSR count). The number of anilines is 3. The van der Waals surface area contributed by atoms with E-state index in [4.69, 9.17) is 0 Å². The van der Waals surface area contributed by atoms with Crippen LogP contribution in [0.2, 0.25) is 0 Å². The SMILES string of the molecule is CNCCCN1c2cccc(F)c2N(c2ccccc2F)S1(O)O. The van der Waals surface area contributed by atoms with Crippen LogP contribution < -0.4 is 13.9 Å². The van der Waals surface area contributed by atoms with Crippen LogP contribution in [0.3, 0.4) is 0 Å². The molecule has 3 N–H and O–H groups in total. The van der Waals surface area contributed by atoms with Gasteiger partial charge in [-0.05, 0) is 55.2 Å². The Hall–Kier alpha value is -1.87. The van der Waals surface area contributed by atoms with Gasteiger partial charge in [-0.3, -0.25) is 13.4 Å². The predicted molar refractivity (Wildman–Crippen MR) is 93.7 cm³/mol. The van der Waals surface area contributed by atoms with Crippen molar-refractivity contribution in [3.63, 3.8) is 0 Å². The van der Waals surface area contributed by atoms with E-state index < -0.39 is 22.6 Å². The fourth-order valence-electron chi connectivity index (χ4n) is 2.77. The lowest BCUT2D eigenvalue weighted by molar-refractivity contribution is 0.482. The molecule has 5 nitrogen and oxygen atoms in total. The van der Waals surface area contributed by atoms with Gasteiger partial charge in [-0.25, -0.2) is 13.1 Å². The van der Waals surface area contributed by atoms with E-state index in [-0.39, 0.29) is 11.4 Å². The van der Waals surface area contributed by atoms with E-state index in [2.05, 4.69) is 5.32 Å². The lowest BCUT2D eigenvalue weighted by atomic mass is 10.2. The molecule has 0 radical (unpaired) electrons. The molecule has 0 atom stereocenters. The first kappa shape index (κ1) is 17.0. The van der Waals surface area contributed by atoms with Crippen LogP contribution in [-0.2, 0) is 0 Å². The highest BCUT2D eigenvalue weighted by atomic mass is 32.3. The van der Waals surface area contributed by atoms with E-state index >= 15 is 0 Å². The maximum atomic E-state index is 14.5. The summed E-state index contributed by atoms with van der Waals surface area (Å²) in [5.41, 5.74) is 0.251. The van der Waals surface area contributed by atoms with Gasteiger partial charge in [0, 0.05) is 6.54 Å². The van der Waals surface area contributed by atoms with Gasteiger partial charge in [-0.2, -0.15) is 0 Å². The summed E-state index contributed by atoms with van der Waals surface area (Å²) in [4.78, 5) is 0. The molecule has 1 aliphatic rings. The summed E-state index contributed by atoms with van der Waals surface area (Å²) in [5.74, 6) is -1.28. The Labute approximate surface area is 141 Å². The van der Waals surface area contributed by atoms with Crippen LogP contribution in [0.25, 0.3) is 0 Å². The minimum absolute atomic E-state index is 0.0212. The minimum atomic E-state index is -3.61. The van der Waals surface area contributed by atoms with Crippen LogP contribution in [-0.4, -0.2) is 29.2 Å². The Balaban J connectivity index is 2.11. The minimum Gasteiger partial charge on any atom is -0.320 e. The third-order valence-electron chi connectivity index (χ3n) is 3.84. The fourth-order valence-corrected chi connectivity index (χ4v) is 4.59. The zero-order chi connectivity index (χ0) is 17.3. The highest BCUT2D eigenvalue weighted by Crippen LogP contribution is 2.64. The number of nitrogens with zero attached hydrogens (tertiary/aromatic N) is 2. The summed E-state index contributed by atoms with van der Waals surface area (Å²) in [5, 5.41) is 2.98. The van der Waals surface area contributed by atoms with Crippen molar-refractivity contribution in [1.29, 1.82) is 0 Å². The molecule has 1 aliphatic heterocycles. The lowest BCUT2D eigenvalue weighted by Crippen LogP contribution is -2.33.